The third kappa shape index (κ3) is 4.18. The molecule has 1 aromatic rings. The Balaban J connectivity index is 2.07. The molecule has 1 atom stereocenters. The van der Waals surface area contributed by atoms with Gasteiger partial charge in [0.15, 0.2) is 0 Å². The van der Waals surface area contributed by atoms with Gasteiger partial charge in [0.05, 0.1) is 0 Å². The van der Waals surface area contributed by atoms with Gasteiger partial charge in [0.2, 0.25) is 0 Å². The molecule has 1 N–H and O–H groups in total. The predicted octanol–water partition coefficient (Wildman–Crippen LogP) is 2.00. The second kappa shape index (κ2) is 6.34. The van der Waals surface area contributed by atoms with Crippen LogP contribution in [-0.4, -0.2) is 42.6 Å². The Kier molecular flexibility index (Phi) is 4.91. The molecule has 0 aromatic heterocycles. The van der Waals surface area contributed by atoms with Gasteiger partial charge in [-0.05, 0) is 0 Å². The fourth-order valence-corrected chi connectivity index (χ4v) is 6.18. The number of hydrogen-bond donors (Lipinski definition) is 1. The first-order valence-corrected chi connectivity index (χ1v) is 17.0. The van der Waals surface area contributed by atoms with Gasteiger partial charge in [-0.1, -0.05) is 0 Å². The van der Waals surface area contributed by atoms with E-state index in [1.54, 1.807) is 6.07 Å². The van der Waals surface area contributed by atoms with Crippen molar-refractivity contribution in [3.05, 3.63) is 29.6 Å². The second-order valence-corrected chi connectivity index (χ2v) is 20.7. The van der Waals surface area contributed by atoms with Crippen LogP contribution >= 0.6 is 0 Å². The van der Waals surface area contributed by atoms with Crippen LogP contribution < -0.4 is 8.90 Å². The molecule has 2 rings (SSSR count). The molecule has 0 bridgehead atoms. The summed E-state index contributed by atoms with van der Waals surface area (Å²) in [5, 5.41) is 6.71. The molecule has 0 fully saturated rings. The van der Waals surface area contributed by atoms with E-state index in [0.29, 0.717) is 13.0 Å². The van der Waals surface area contributed by atoms with Crippen LogP contribution in [0, 0.1) is 5.82 Å². The Morgan fingerprint density at radius 1 is 1.48 bits per heavy atom. The molecule has 21 heavy (non-hydrogen) atoms. The molecule has 6 heteroatoms. The summed E-state index contributed by atoms with van der Waals surface area (Å²) in [6, 6.07) is 5.37. The standard InChI is InChI=1S/C12H12FN2O2.3CH3.Sn/c1-8(16)14-7-11-6-12(15-17-11)9-3-2-4-10(13)5-9;;;;/h2-3,5,11H,6-7H2,1H3,(H,14,16);3*1H3;. The van der Waals surface area contributed by atoms with Gasteiger partial charge in [-0.15, -0.1) is 0 Å². The van der Waals surface area contributed by atoms with Crippen molar-refractivity contribution in [2.75, 3.05) is 6.54 Å². The Hall–Kier alpha value is -1.11. The summed E-state index contributed by atoms with van der Waals surface area (Å²) < 4.78 is 15.1. The summed E-state index contributed by atoms with van der Waals surface area (Å²) in [5.74, 6) is -0.232. The van der Waals surface area contributed by atoms with Gasteiger partial charge in [-0.3, -0.25) is 0 Å². The van der Waals surface area contributed by atoms with Crippen molar-refractivity contribution >= 4 is 33.6 Å². The molecule has 114 valence electrons. The molecule has 1 aliphatic heterocycles. The van der Waals surface area contributed by atoms with Gasteiger partial charge in [0, 0.05) is 0 Å². The number of carbonyl (C=O) groups is 1. The van der Waals surface area contributed by atoms with E-state index in [1.807, 2.05) is 12.1 Å². The predicted molar refractivity (Wildman–Crippen MR) is 84.1 cm³/mol. The second-order valence-electron chi connectivity index (χ2n) is 6.35. The van der Waals surface area contributed by atoms with Crippen LogP contribution in [0.15, 0.2) is 23.4 Å². The van der Waals surface area contributed by atoms with Crippen LogP contribution in [0.25, 0.3) is 0 Å². The molecule has 1 amide bonds. The molecule has 1 aromatic carbocycles. The van der Waals surface area contributed by atoms with Crippen molar-refractivity contribution < 1.29 is 14.0 Å². The van der Waals surface area contributed by atoms with E-state index >= 15 is 0 Å². The number of rotatable bonds is 4. The van der Waals surface area contributed by atoms with Crippen LogP contribution in [-0.2, 0) is 9.63 Å². The number of hydrogen-bond acceptors (Lipinski definition) is 3. The average Bonchev–Trinajstić information content (AvgIpc) is 2.83. The number of nitrogens with zero attached hydrogens (tertiary/aromatic N) is 1. The van der Waals surface area contributed by atoms with E-state index < -0.39 is 18.4 Å². The van der Waals surface area contributed by atoms with E-state index in [0.717, 1.165) is 14.9 Å². The van der Waals surface area contributed by atoms with Crippen LogP contribution in [0.3, 0.4) is 0 Å². The van der Waals surface area contributed by atoms with Gasteiger partial charge < -0.3 is 0 Å². The SMILES string of the molecule is CC(=O)NCC1CC(c2cc[c]([Sn]([CH3])([CH3])[CH3])c(F)c2)=NO1. The zero-order chi connectivity index (χ0) is 15.6. The Morgan fingerprint density at radius 3 is 2.76 bits per heavy atom. The molecule has 1 heterocycles. The van der Waals surface area contributed by atoms with Crippen molar-refractivity contribution in [2.24, 2.45) is 5.16 Å². The summed E-state index contributed by atoms with van der Waals surface area (Å²) in [6.45, 7) is 1.88. The van der Waals surface area contributed by atoms with Crippen molar-refractivity contribution in [3.8, 4) is 0 Å². The third-order valence-corrected chi connectivity index (χ3v) is 9.19. The first kappa shape index (κ1) is 16.3. The number of benzene rings is 1. The first-order valence-electron chi connectivity index (χ1n) is 7.05. The van der Waals surface area contributed by atoms with Gasteiger partial charge >= 0.3 is 128 Å². The molecule has 0 aliphatic carbocycles. The van der Waals surface area contributed by atoms with Crippen LogP contribution in [0.5, 0.6) is 0 Å². The van der Waals surface area contributed by atoms with Crippen LogP contribution in [0.2, 0.25) is 14.8 Å². The Labute approximate surface area is 128 Å². The van der Waals surface area contributed by atoms with Crippen LogP contribution in [0.1, 0.15) is 18.9 Å². The molecule has 1 unspecified atom stereocenters. The van der Waals surface area contributed by atoms with Crippen molar-refractivity contribution in [1.82, 2.24) is 5.32 Å². The normalized spacial score (nSPS) is 18.1. The van der Waals surface area contributed by atoms with E-state index in [-0.39, 0.29) is 17.8 Å². The Bertz CT molecular complexity index is 582. The van der Waals surface area contributed by atoms with E-state index in [2.05, 4.69) is 25.3 Å². The zero-order valence-electron chi connectivity index (χ0n) is 12.9. The first-order chi connectivity index (χ1) is 9.77. The van der Waals surface area contributed by atoms with Gasteiger partial charge in [0.25, 0.3) is 0 Å². The molecule has 0 saturated heterocycles. The van der Waals surface area contributed by atoms with E-state index in [9.17, 15) is 9.18 Å². The Morgan fingerprint density at radius 2 is 2.19 bits per heavy atom. The van der Waals surface area contributed by atoms with E-state index in [1.165, 1.54) is 6.92 Å². The fourth-order valence-electron chi connectivity index (χ4n) is 2.27. The van der Waals surface area contributed by atoms with Crippen LogP contribution in [0.4, 0.5) is 4.39 Å². The number of oxime groups is 1. The van der Waals surface area contributed by atoms with E-state index in [4.69, 9.17) is 4.84 Å². The maximum atomic E-state index is 14.3. The topological polar surface area (TPSA) is 50.7 Å². The maximum absolute atomic E-state index is 14.3. The number of halogens is 1. The summed E-state index contributed by atoms with van der Waals surface area (Å²) in [6.07, 6.45) is 0.408. The summed E-state index contributed by atoms with van der Waals surface area (Å²) >= 11 is -2.41. The van der Waals surface area contributed by atoms with Crippen molar-refractivity contribution in [1.29, 1.82) is 0 Å². The quantitative estimate of drug-likeness (QED) is 0.788. The summed E-state index contributed by atoms with van der Waals surface area (Å²) in [7, 11) is 0. The average molecular weight is 399 g/mol. The molecular weight excluding hydrogens is 378 g/mol. The monoisotopic (exact) mass is 400 g/mol. The summed E-state index contributed by atoms with van der Waals surface area (Å²) in [5.41, 5.74) is 1.50. The minimum absolute atomic E-state index is 0.0971. The molecule has 0 radical (unpaired) electrons. The zero-order valence-corrected chi connectivity index (χ0v) is 15.7. The molecule has 0 spiro atoms. The molecule has 4 nitrogen and oxygen atoms in total. The van der Waals surface area contributed by atoms with Gasteiger partial charge in [-0.2, -0.15) is 0 Å². The molecule has 1 aliphatic rings. The van der Waals surface area contributed by atoms with Crippen molar-refractivity contribution in [3.63, 3.8) is 0 Å². The number of nitrogens with one attached hydrogen (secondary N) is 1. The van der Waals surface area contributed by atoms with Gasteiger partial charge in [0.1, 0.15) is 0 Å². The number of amides is 1. The molecular formula is C15H21FN2O2Sn. The fraction of sp³-hybridized carbons (Fsp3) is 0.467. The van der Waals surface area contributed by atoms with Crippen molar-refractivity contribution in [2.45, 2.75) is 34.3 Å². The summed E-state index contributed by atoms with van der Waals surface area (Å²) in [4.78, 5) is 22.7. The minimum atomic E-state index is -2.41. The van der Waals surface area contributed by atoms with Gasteiger partial charge in [-0.25, -0.2) is 0 Å². The molecule has 0 saturated carbocycles. The number of carbonyl (C=O) groups excluding carboxylic acids is 1. The third-order valence-electron chi connectivity index (χ3n) is 3.42.